The first kappa shape index (κ1) is 8.33. The molecule has 0 aromatic carbocycles. The van der Waals surface area contributed by atoms with Crippen molar-refractivity contribution in [2.45, 2.75) is 38.5 Å². The van der Waals surface area contributed by atoms with Gasteiger partial charge in [-0.2, -0.15) is 0 Å². The Labute approximate surface area is 83.6 Å². The molecule has 3 heteroatoms. The molecule has 3 nitrogen and oxygen atoms in total. The van der Waals surface area contributed by atoms with Crippen LogP contribution < -0.4 is 5.73 Å². The van der Waals surface area contributed by atoms with Gasteiger partial charge in [0, 0.05) is 11.5 Å². The second-order valence-corrected chi connectivity index (χ2v) is 4.84. The lowest BCUT2D eigenvalue weighted by molar-refractivity contribution is 0.309. The Bertz CT molecular complexity index is 358. The predicted molar refractivity (Wildman–Crippen MR) is 53.8 cm³/mol. The van der Waals surface area contributed by atoms with Crippen LogP contribution in [0.3, 0.4) is 0 Å². The van der Waals surface area contributed by atoms with E-state index in [0.717, 1.165) is 23.2 Å². The van der Waals surface area contributed by atoms with Crippen molar-refractivity contribution in [3.63, 3.8) is 0 Å². The van der Waals surface area contributed by atoms with Gasteiger partial charge in [-0.15, -0.1) is 0 Å². The van der Waals surface area contributed by atoms with Gasteiger partial charge in [0.05, 0.1) is 0 Å². The summed E-state index contributed by atoms with van der Waals surface area (Å²) in [5.74, 6) is 4.03. The number of anilines is 1. The van der Waals surface area contributed by atoms with Crippen LogP contribution in [-0.2, 0) is 0 Å². The van der Waals surface area contributed by atoms with E-state index < -0.39 is 0 Å². The van der Waals surface area contributed by atoms with Gasteiger partial charge in [-0.25, -0.2) is 0 Å². The summed E-state index contributed by atoms with van der Waals surface area (Å²) in [6.45, 7) is 2.02. The summed E-state index contributed by atoms with van der Waals surface area (Å²) in [6, 6.07) is 0. The maximum atomic E-state index is 5.70. The minimum absolute atomic E-state index is 0.572. The molecule has 1 aromatic heterocycles. The highest BCUT2D eigenvalue weighted by molar-refractivity contribution is 5.40. The van der Waals surface area contributed by atoms with E-state index in [1.165, 1.54) is 25.7 Å². The van der Waals surface area contributed by atoms with Crippen molar-refractivity contribution in [3.05, 3.63) is 11.3 Å². The molecule has 2 fully saturated rings. The Morgan fingerprint density at radius 1 is 1.36 bits per heavy atom. The third-order valence-corrected chi connectivity index (χ3v) is 4.07. The van der Waals surface area contributed by atoms with Crippen molar-refractivity contribution in [1.29, 1.82) is 0 Å². The van der Waals surface area contributed by atoms with Gasteiger partial charge in [0.25, 0.3) is 0 Å². The molecule has 0 amide bonds. The van der Waals surface area contributed by atoms with Crippen molar-refractivity contribution in [2.75, 3.05) is 5.73 Å². The summed E-state index contributed by atoms with van der Waals surface area (Å²) in [7, 11) is 0. The molecule has 3 rings (SSSR count). The van der Waals surface area contributed by atoms with Crippen LogP contribution >= 0.6 is 0 Å². The highest BCUT2D eigenvalue weighted by atomic mass is 16.5. The molecule has 0 radical (unpaired) electrons. The molecular formula is C11H16N2O. The second kappa shape index (κ2) is 2.75. The van der Waals surface area contributed by atoms with E-state index in [0.29, 0.717) is 11.7 Å². The average Bonchev–Trinajstić information content (AvgIpc) is 2.84. The summed E-state index contributed by atoms with van der Waals surface area (Å²) in [5, 5.41) is 3.85. The average molecular weight is 192 g/mol. The number of nitrogens with zero attached hydrogens (tertiary/aromatic N) is 1. The van der Waals surface area contributed by atoms with Gasteiger partial charge in [0.15, 0.2) is 5.82 Å². The molecule has 0 saturated heterocycles. The number of aromatic nitrogens is 1. The zero-order valence-electron chi connectivity index (χ0n) is 8.49. The van der Waals surface area contributed by atoms with Crippen LogP contribution in [0.15, 0.2) is 4.52 Å². The van der Waals surface area contributed by atoms with Crippen LogP contribution in [0.25, 0.3) is 0 Å². The fourth-order valence-electron chi connectivity index (χ4n) is 3.27. The zero-order chi connectivity index (χ0) is 9.71. The smallest absolute Gasteiger partial charge is 0.170 e. The predicted octanol–water partition coefficient (Wildman–Crippen LogP) is 2.47. The Morgan fingerprint density at radius 2 is 2.21 bits per heavy atom. The van der Waals surface area contributed by atoms with Crippen LogP contribution in [-0.4, -0.2) is 5.16 Å². The van der Waals surface area contributed by atoms with E-state index in [1.807, 2.05) is 6.92 Å². The number of hydrogen-bond acceptors (Lipinski definition) is 3. The summed E-state index contributed by atoms with van der Waals surface area (Å²) in [4.78, 5) is 0. The van der Waals surface area contributed by atoms with Crippen LogP contribution in [0.4, 0.5) is 5.82 Å². The molecule has 0 spiro atoms. The van der Waals surface area contributed by atoms with E-state index in [1.54, 1.807) is 0 Å². The molecule has 76 valence electrons. The Kier molecular flexibility index (Phi) is 1.64. The summed E-state index contributed by atoms with van der Waals surface area (Å²) < 4.78 is 5.36. The number of nitrogens with two attached hydrogens (primary N) is 1. The first-order valence-electron chi connectivity index (χ1n) is 5.47. The van der Waals surface area contributed by atoms with Crippen molar-refractivity contribution >= 4 is 5.82 Å². The normalized spacial score (nSPS) is 35.4. The van der Waals surface area contributed by atoms with Crippen molar-refractivity contribution in [1.82, 2.24) is 5.16 Å². The quantitative estimate of drug-likeness (QED) is 0.743. The van der Waals surface area contributed by atoms with E-state index >= 15 is 0 Å². The molecular weight excluding hydrogens is 176 g/mol. The number of rotatable bonds is 1. The molecule has 3 unspecified atom stereocenters. The summed E-state index contributed by atoms with van der Waals surface area (Å²) in [5.41, 5.74) is 6.77. The first-order valence-corrected chi connectivity index (χ1v) is 5.47. The lowest BCUT2D eigenvalue weighted by atomic mass is 9.86. The molecule has 0 aliphatic heterocycles. The lowest BCUT2D eigenvalue weighted by Gasteiger charge is -2.19. The Balaban J connectivity index is 1.93. The molecule has 2 aliphatic rings. The third-order valence-electron chi connectivity index (χ3n) is 4.07. The van der Waals surface area contributed by atoms with Gasteiger partial charge < -0.3 is 10.3 Å². The fraction of sp³-hybridized carbons (Fsp3) is 0.727. The highest BCUT2D eigenvalue weighted by Crippen LogP contribution is 2.53. The Morgan fingerprint density at radius 3 is 2.71 bits per heavy atom. The molecule has 2 bridgehead atoms. The minimum Gasteiger partial charge on any atom is -0.381 e. The van der Waals surface area contributed by atoms with Gasteiger partial charge in [-0.1, -0.05) is 11.6 Å². The monoisotopic (exact) mass is 192 g/mol. The van der Waals surface area contributed by atoms with Crippen LogP contribution in [0.1, 0.15) is 42.9 Å². The van der Waals surface area contributed by atoms with E-state index in [9.17, 15) is 0 Å². The molecule has 2 saturated carbocycles. The highest BCUT2D eigenvalue weighted by Gasteiger charge is 2.42. The minimum atomic E-state index is 0.572. The molecule has 2 aliphatic carbocycles. The molecule has 1 heterocycles. The fourth-order valence-corrected chi connectivity index (χ4v) is 3.27. The van der Waals surface area contributed by atoms with Gasteiger partial charge in [0.1, 0.15) is 5.76 Å². The van der Waals surface area contributed by atoms with Crippen molar-refractivity contribution in [2.24, 2.45) is 11.8 Å². The van der Waals surface area contributed by atoms with E-state index in [-0.39, 0.29) is 0 Å². The van der Waals surface area contributed by atoms with Crippen LogP contribution in [0.5, 0.6) is 0 Å². The van der Waals surface area contributed by atoms with Crippen molar-refractivity contribution < 1.29 is 4.52 Å². The lowest BCUT2D eigenvalue weighted by Crippen LogP contribution is -2.08. The van der Waals surface area contributed by atoms with Crippen LogP contribution in [0, 0.1) is 18.8 Å². The van der Waals surface area contributed by atoms with Gasteiger partial charge in [0.2, 0.25) is 0 Å². The van der Waals surface area contributed by atoms with Crippen LogP contribution in [0.2, 0.25) is 0 Å². The molecule has 3 atom stereocenters. The number of nitrogen functional groups attached to an aromatic ring is 1. The van der Waals surface area contributed by atoms with E-state index in [4.69, 9.17) is 10.3 Å². The zero-order valence-corrected chi connectivity index (χ0v) is 8.49. The van der Waals surface area contributed by atoms with Gasteiger partial charge in [-0.05, 0) is 38.0 Å². The molecule has 1 aromatic rings. The molecule has 2 N–H and O–H groups in total. The van der Waals surface area contributed by atoms with Crippen molar-refractivity contribution in [3.8, 4) is 0 Å². The molecule has 14 heavy (non-hydrogen) atoms. The summed E-state index contributed by atoms with van der Waals surface area (Å²) in [6.07, 6.45) is 5.48. The maximum absolute atomic E-state index is 5.70. The summed E-state index contributed by atoms with van der Waals surface area (Å²) >= 11 is 0. The third kappa shape index (κ3) is 1.01. The number of hydrogen-bond donors (Lipinski definition) is 1. The largest absolute Gasteiger partial charge is 0.381 e. The Hall–Kier alpha value is -0.990. The first-order chi connectivity index (χ1) is 6.75. The topological polar surface area (TPSA) is 52.0 Å². The van der Waals surface area contributed by atoms with E-state index in [2.05, 4.69) is 5.16 Å². The van der Waals surface area contributed by atoms with Gasteiger partial charge >= 0.3 is 0 Å². The SMILES string of the molecule is Cc1c(N)noc1C1CC2CCC1C2. The van der Waals surface area contributed by atoms with Gasteiger partial charge in [-0.3, -0.25) is 0 Å². The number of fused-ring (bicyclic) bond motifs is 2. The maximum Gasteiger partial charge on any atom is 0.170 e. The standard InChI is InChI=1S/C11H16N2O/c1-6-10(14-13-11(6)12)9-5-7-2-3-8(9)4-7/h7-9H,2-5H2,1H3,(H2,12,13). The second-order valence-electron chi connectivity index (χ2n) is 4.84.